The van der Waals surface area contributed by atoms with Crippen LogP contribution >= 0.6 is 0 Å². The number of aromatic nitrogens is 2. The molecule has 0 atom stereocenters. The molecule has 6 heteroatoms. The van der Waals surface area contributed by atoms with Crippen LogP contribution in [0.4, 0.5) is 10.5 Å². The molecule has 6 nitrogen and oxygen atoms in total. The van der Waals surface area contributed by atoms with Crippen molar-refractivity contribution in [1.82, 2.24) is 14.9 Å². The van der Waals surface area contributed by atoms with Crippen molar-refractivity contribution in [2.45, 2.75) is 6.42 Å². The van der Waals surface area contributed by atoms with Gasteiger partial charge in [-0.05, 0) is 30.2 Å². The lowest BCUT2D eigenvalue weighted by atomic mass is 9.99. The second-order valence-corrected chi connectivity index (χ2v) is 6.16. The van der Waals surface area contributed by atoms with Gasteiger partial charge < -0.3 is 19.9 Å². The monoisotopic (exact) mass is 348 g/mol. The van der Waals surface area contributed by atoms with Gasteiger partial charge in [-0.1, -0.05) is 24.3 Å². The third kappa shape index (κ3) is 3.01. The molecule has 0 radical (unpaired) electrons. The number of nitrogens with zero attached hydrogens (tertiary/aromatic N) is 2. The van der Waals surface area contributed by atoms with E-state index in [2.05, 4.69) is 33.5 Å². The molecule has 0 aliphatic carbocycles. The third-order valence-electron chi connectivity index (χ3n) is 4.64. The first-order chi connectivity index (χ1) is 12.8. The number of amides is 2. The summed E-state index contributed by atoms with van der Waals surface area (Å²) in [5.74, 6) is 0.410. The van der Waals surface area contributed by atoms with E-state index in [1.54, 1.807) is 23.2 Å². The number of ether oxygens (including phenoxy) is 1. The molecule has 0 bridgehead atoms. The number of carbonyl (C=O) groups excluding carboxylic acids is 1. The summed E-state index contributed by atoms with van der Waals surface area (Å²) in [5.41, 5.74) is 4.19. The zero-order valence-corrected chi connectivity index (χ0v) is 14.5. The number of fused-ring (bicyclic) bond motifs is 1. The van der Waals surface area contributed by atoms with Crippen LogP contribution in [0.15, 0.2) is 54.9 Å². The van der Waals surface area contributed by atoms with Crippen LogP contribution in [0.2, 0.25) is 0 Å². The fourth-order valence-electron chi connectivity index (χ4n) is 3.28. The molecule has 4 rings (SSSR count). The van der Waals surface area contributed by atoms with Gasteiger partial charge in [0.2, 0.25) is 5.88 Å². The molecule has 2 N–H and O–H groups in total. The summed E-state index contributed by atoms with van der Waals surface area (Å²) in [6.07, 6.45) is 6.62. The lowest BCUT2D eigenvalue weighted by molar-refractivity contribution is 0.217. The van der Waals surface area contributed by atoms with Crippen LogP contribution in [-0.2, 0) is 0 Å². The molecule has 0 saturated heterocycles. The molecule has 3 heterocycles. The number of anilines is 1. The number of para-hydroxylation sites is 1. The number of urea groups is 1. The smallest absolute Gasteiger partial charge is 0.322 e. The Morgan fingerprint density at radius 3 is 2.96 bits per heavy atom. The summed E-state index contributed by atoms with van der Waals surface area (Å²) in [6.45, 7) is 1.24. The minimum absolute atomic E-state index is 0.148. The Kier molecular flexibility index (Phi) is 4.31. The van der Waals surface area contributed by atoms with Crippen molar-refractivity contribution in [3.8, 4) is 5.88 Å². The van der Waals surface area contributed by atoms with E-state index >= 15 is 0 Å². The summed E-state index contributed by atoms with van der Waals surface area (Å²) in [4.78, 5) is 21.7. The van der Waals surface area contributed by atoms with E-state index in [9.17, 15) is 4.79 Å². The van der Waals surface area contributed by atoms with E-state index in [0.29, 0.717) is 24.7 Å². The minimum atomic E-state index is -0.148. The molecule has 1 aliphatic heterocycles. The number of nitrogens with one attached hydrogen (secondary N) is 2. The molecular weight excluding hydrogens is 328 g/mol. The molecule has 0 saturated carbocycles. The van der Waals surface area contributed by atoms with E-state index in [-0.39, 0.29) is 6.03 Å². The topological polar surface area (TPSA) is 70.2 Å². The van der Waals surface area contributed by atoms with Crippen molar-refractivity contribution in [2.24, 2.45) is 0 Å². The van der Waals surface area contributed by atoms with Gasteiger partial charge in [-0.25, -0.2) is 9.78 Å². The van der Waals surface area contributed by atoms with Crippen LogP contribution in [0, 0.1) is 0 Å². The number of carbonyl (C=O) groups is 1. The third-order valence-corrected chi connectivity index (χ3v) is 4.64. The minimum Gasteiger partial charge on any atom is -0.480 e. The van der Waals surface area contributed by atoms with Crippen molar-refractivity contribution in [3.05, 3.63) is 60.4 Å². The number of hydrogen-bond acceptors (Lipinski definition) is 3. The molecule has 3 aromatic rings. The maximum Gasteiger partial charge on any atom is 0.322 e. The Balaban J connectivity index is 1.48. The number of rotatable bonds is 3. The summed E-state index contributed by atoms with van der Waals surface area (Å²) < 4.78 is 5.18. The Morgan fingerprint density at radius 2 is 2.15 bits per heavy atom. The zero-order chi connectivity index (χ0) is 17.9. The van der Waals surface area contributed by atoms with Crippen LogP contribution < -0.4 is 10.1 Å². The molecule has 0 unspecified atom stereocenters. The Bertz CT molecular complexity index is 977. The lowest BCUT2D eigenvalue weighted by Crippen LogP contribution is -2.38. The van der Waals surface area contributed by atoms with Crippen molar-refractivity contribution in [3.63, 3.8) is 0 Å². The first kappa shape index (κ1) is 16.2. The summed E-state index contributed by atoms with van der Waals surface area (Å²) in [6, 6.07) is 11.7. The second-order valence-electron chi connectivity index (χ2n) is 6.16. The molecule has 132 valence electrons. The maximum atomic E-state index is 12.5. The fraction of sp³-hybridized carbons (Fsp3) is 0.200. The number of aromatic amines is 1. The highest BCUT2D eigenvalue weighted by Crippen LogP contribution is 2.29. The summed E-state index contributed by atoms with van der Waals surface area (Å²) >= 11 is 0. The van der Waals surface area contributed by atoms with Gasteiger partial charge in [0.15, 0.2) is 0 Å². The molecule has 1 aliphatic rings. The highest BCUT2D eigenvalue weighted by molar-refractivity contribution is 5.94. The molecule has 0 spiro atoms. The Hall–Kier alpha value is -3.28. The second kappa shape index (κ2) is 6.92. The van der Waals surface area contributed by atoms with Crippen molar-refractivity contribution < 1.29 is 9.53 Å². The molecule has 0 fully saturated rings. The molecular formula is C20H20N4O2. The largest absolute Gasteiger partial charge is 0.480 e. The van der Waals surface area contributed by atoms with Crippen molar-refractivity contribution >= 4 is 28.2 Å². The van der Waals surface area contributed by atoms with Gasteiger partial charge in [-0.15, -0.1) is 0 Å². The van der Waals surface area contributed by atoms with E-state index in [0.717, 1.165) is 11.9 Å². The highest BCUT2D eigenvalue weighted by atomic mass is 16.5. The first-order valence-corrected chi connectivity index (χ1v) is 8.56. The van der Waals surface area contributed by atoms with Crippen LogP contribution in [0.25, 0.3) is 16.5 Å². The standard InChI is InChI=1S/C20H20N4O2/c1-26-19-18(7-4-10-21-19)23-20(25)24-11-8-14(9-12-24)16-13-22-17-6-3-2-5-15(16)17/h2-8,10,13,22H,9,11-12H2,1H3,(H,23,25). The van der Waals surface area contributed by atoms with Gasteiger partial charge in [0.25, 0.3) is 0 Å². The lowest BCUT2D eigenvalue weighted by Gasteiger charge is -2.26. The normalized spacial score (nSPS) is 14.2. The first-order valence-electron chi connectivity index (χ1n) is 8.56. The average molecular weight is 348 g/mol. The van der Waals surface area contributed by atoms with E-state index < -0.39 is 0 Å². The summed E-state index contributed by atoms with van der Waals surface area (Å²) in [7, 11) is 1.54. The van der Waals surface area contributed by atoms with Gasteiger partial charge in [0.1, 0.15) is 5.69 Å². The molecule has 1 aromatic carbocycles. The molecule has 26 heavy (non-hydrogen) atoms. The number of benzene rings is 1. The number of methoxy groups -OCH3 is 1. The van der Waals surface area contributed by atoms with Gasteiger partial charge >= 0.3 is 6.03 Å². The van der Waals surface area contributed by atoms with E-state index in [4.69, 9.17) is 4.74 Å². The maximum absolute atomic E-state index is 12.5. The molecule has 2 aromatic heterocycles. The zero-order valence-electron chi connectivity index (χ0n) is 14.5. The Morgan fingerprint density at radius 1 is 1.27 bits per heavy atom. The van der Waals surface area contributed by atoms with Crippen LogP contribution in [-0.4, -0.2) is 41.1 Å². The van der Waals surface area contributed by atoms with Crippen LogP contribution in [0.1, 0.15) is 12.0 Å². The van der Waals surface area contributed by atoms with Gasteiger partial charge in [0.05, 0.1) is 7.11 Å². The Labute approximate surface area is 151 Å². The van der Waals surface area contributed by atoms with Gasteiger partial charge in [-0.3, -0.25) is 0 Å². The SMILES string of the molecule is COc1ncccc1NC(=O)N1CC=C(c2c[nH]c3ccccc23)CC1. The van der Waals surface area contributed by atoms with Gasteiger partial charge in [0, 0.05) is 41.9 Å². The highest BCUT2D eigenvalue weighted by Gasteiger charge is 2.20. The predicted octanol–water partition coefficient (Wildman–Crippen LogP) is 3.89. The van der Waals surface area contributed by atoms with Crippen molar-refractivity contribution in [1.29, 1.82) is 0 Å². The predicted molar refractivity (Wildman–Crippen MR) is 102 cm³/mol. The fourth-order valence-corrected chi connectivity index (χ4v) is 3.28. The van der Waals surface area contributed by atoms with Crippen LogP contribution in [0.3, 0.4) is 0 Å². The van der Waals surface area contributed by atoms with E-state index in [1.807, 2.05) is 18.3 Å². The van der Waals surface area contributed by atoms with E-state index in [1.165, 1.54) is 23.6 Å². The van der Waals surface area contributed by atoms with Crippen LogP contribution in [0.5, 0.6) is 5.88 Å². The van der Waals surface area contributed by atoms with Crippen molar-refractivity contribution in [2.75, 3.05) is 25.5 Å². The number of H-pyrrole nitrogens is 1. The average Bonchev–Trinajstić information content (AvgIpc) is 3.12. The molecule has 2 amide bonds. The summed E-state index contributed by atoms with van der Waals surface area (Å²) in [5, 5.41) is 4.09. The number of hydrogen-bond donors (Lipinski definition) is 2. The quantitative estimate of drug-likeness (QED) is 0.754. The number of pyridine rings is 1. The van der Waals surface area contributed by atoms with Gasteiger partial charge in [-0.2, -0.15) is 0 Å².